The Kier molecular flexibility index (Phi) is 3.86. The maximum atomic E-state index is 4.99. The van der Waals surface area contributed by atoms with Crippen LogP contribution in [-0.4, -0.2) is 25.2 Å². The van der Waals surface area contributed by atoms with Crippen LogP contribution in [0.4, 0.5) is 0 Å². The highest BCUT2D eigenvalue weighted by molar-refractivity contribution is 5.84. The van der Waals surface area contributed by atoms with E-state index in [1.165, 1.54) is 16.3 Å². The van der Waals surface area contributed by atoms with Crippen molar-refractivity contribution in [1.29, 1.82) is 0 Å². The van der Waals surface area contributed by atoms with Crippen LogP contribution in [0.3, 0.4) is 0 Å². The van der Waals surface area contributed by atoms with Crippen LogP contribution in [0.25, 0.3) is 10.8 Å². The molecule has 3 heteroatoms. The van der Waals surface area contributed by atoms with Gasteiger partial charge in [-0.2, -0.15) is 0 Å². The Morgan fingerprint density at radius 1 is 1.31 bits per heavy atom. The highest BCUT2D eigenvalue weighted by Crippen LogP contribution is 2.16. The second-order valence-electron chi connectivity index (χ2n) is 3.68. The number of rotatable bonds is 5. The van der Waals surface area contributed by atoms with Gasteiger partial charge in [0, 0.05) is 38.0 Å². The summed E-state index contributed by atoms with van der Waals surface area (Å²) in [7, 11) is 1.71. The summed E-state index contributed by atoms with van der Waals surface area (Å²) in [5.41, 5.74) is 1.28. The first kappa shape index (κ1) is 11.0. The van der Waals surface area contributed by atoms with E-state index in [2.05, 4.69) is 28.5 Å². The van der Waals surface area contributed by atoms with E-state index in [-0.39, 0.29) is 0 Å². The minimum Gasteiger partial charge on any atom is -0.383 e. The quantitative estimate of drug-likeness (QED) is 0.776. The van der Waals surface area contributed by atoms with Gasteiger partial charge in [0.2, 0.25) is 0 Å². The van der Waals surface area contributed by atoms with Crippen LogP contribution in [0.2, 0.25) is 0 Å². The van der Waals surface area contributed by atoms with Gasteiger partial charge in [-0.15, -0.1) is 0 Å². The van der Waals surface area contributed by atoms with Gasteiger partial charge in [-0.05, 0) is 17.0 Å². The Morgan fingerprint density at radius 2 is 2.25 bits per heavy atom. The van der Waals surface area contributed by atoms with E-state index >= 15 is 0 Å². The molecular formula is C13H16N2O. The Balaban J connectivity index is 2.11. The lowest BCUT2D eigenvalue weighted by atomic mass is 10.1. The van der Waals surface area contributed by atoms with Gasteiger partial charge >= 0.3 is 0 Å². The van der Waals surface area contributed by atoms with E-state index in [1.807, 2.05) is 18.5 Å². The lowest BCUT2D eigenvalue weighted by Crippen LogP contribution is -2.18. The van der Waals surface area contributed by atoms with Crippen LogP contribution >= 0.6 is 0 Å². The van der Waals surface area contributed by atoms with Crippen LogP contribution in [-0.2, 0) is 11.3 Å². The van der Waals surface area contributed by atoms with Crippen molar-refractivity contribution in [1.82, 2.24) is 10.3 Å². The fourth-order valence-electron chi connectivity index (χ4n) is 1.73. The van der Waals surface area contributed by atoms with E-state index in [0.717, 1.165) is 19.7 Å². The Labute approximate surface area is 95.5 Å². The SMILES string of the molecule is COCCNCc1cccc2ccncc12. The van der Waals surface area contributed by atoms with Gasteiger partial charge in [-0.1, -0.05) is 18.2 Å². The zero-order chi connectivity index (χ0) is 11.2. The third-order valence-electron chi connectivity index (χ3n) is 2.57. The Hall–Kier alpha value is -1.45. The molecule has 1 aromatic heterocycles. The molecule has 2 rings (SSSR count). The van der Waals surface area contributed by atoms with Crippen molar-refractivity contribution < 1.29 is 4.74 Å². The lowest BCUT2D eigenvalue weighted by molar-refractivity contribution is 0.199. The number of hydrogen-bond acceptors (Lipinski definition) is 3. The van der Waals surface area contributed by atoms with Gasteiger partial charge in [-0.25, -0.2) is 0 Å². The van der Waals surface area contributed by atoms with Crippen molar-refractivity contribution in [2.45, 2.75) is 6.54 Å². The van der Waals surface area contributed by atoms with Crippen LogP contribution in [0.5, 0.6) is 0 Å². The van der Waals surface area contributed by atoms with Gasteiger partial charge in [-0.3, -0.25) is 4.98 Å². The number of fused-ring (bicyclic) bond motifs is 1. The summed E-state index contributed by atoms with van der Waals surface area (Å²) < 4.78 is 4.99. The Bertz CT molecular complexity index is 451. The molecule has 0 unspecified atom stereocenters. The molecule has 0 aliphatic carbocycles. The predicted molar refractivity (Wildman–Crippen MR) is 65.3 cm³/mol. The maximum Gasteiger partial charge on any atom is 0.0587 e. The minimum atomic E-state index is 0.739. The topological polar surface area (TPSA) is 34.1 Å². The molecule has 0 radical (unpaired) electrons. The molecule has 2 aromatic rings. The highest BCUT2D eigenvalue weighted by Gasteiger charge is 1.99. The number of methoxy groups -OCH3 is 1. The number of pyridine rings is 1. The molecule has 0 bridgehead atoms. The van der Waals surface area contributed by atoms with Crippen molar-refractivity contribution in [2.24, 2.45) is 0 Å². The summed E-state index contributed by atoms with van der Waals surface area (Å²) in [5, 5.41) is 5.80. The van der Waals surface area contributed by atoms with Crippen molar-refractivity contribution in [3.63, 3.8) is 0 Å². The molecular weight excluding hydrogens is 200 g/mol. The van der Waals surface area contributed by atoms with Crippen LogP contribution < -0.4 is 5.32 Å². The zero-order valence-electron chi connectivity index (χ0n) is 9.44. The number of benzene rings is 1. The normalized spacial score (nSPS) is 10.8. The lowest BCUT2D eigenvalue weighted by Gasteiger charge is -2.07. The minimum absolute atomic E-state index is 0.739. The van der Waals surface area contributed by atoms with E-state index in [4.69, 9.17) is 4.74 Å². The van der Waals surface area contributed by atoms with Crippen LogP contribution in [0, 0.1) is 0 Å². The molecule has 16 heavy (non-hydrogen) atoms. The Morgan fingerprint density at radius 3 is 3.12 bits per heavy atom. The van der Waals surface area contributed by atoms with Gasteiger partial charge < -0.3 is 10.1 Å². The van der Waals surface area contributed by atoms with Gasteiger partial charge in [0.25, 0.3) is 0 Å². The molecule has 3 nitrogen and oxygen atoms in total. The van der Waals surface area contributed by atoms with E-state index < -0.39 is 0 Å². The van der Waals surface area contributed by atoms with Crippen molar-refractivity contribution in [3.05, 3.63) is 42.2 Å². The number of hydrogen-bond donors (Lipinski definition) is 1. The van der Waals surface area contributed by atoms with Crippen LogP contribution in [0.15, 0.2) is 36.7 Å². The molecule has 0 atom stereocenters. The summed E-state index contributed by atoms with van der Waals surface area (Å²) in [4.78, 5) is 4.17. The fourth-order valence-corrected chi connectivity index (χ4v) is 1.73. The first-order chi connectivity index (χ1) is 7.92. The van der Waals surface area contributed by atoms with Crippen molar-refractivity contribution >= 4 is 10.8 Å². The average molecular weight is 216 g/mol. The van der Waals surface area contributed by atoms with Gasteiger partial charge in [0.1, 0.15) is 0 Å². The fraction of sp³-hybridized carbons (Fsp3) is 0.308. The molecule has 0 aliphatic heterocycles. The predicted octanol–water partition coefficient (Wildman–Crippen LogP) is 1.97. The van der Waals surface area contributed by atoms with Crippen molar-refractivity contribution in [3.8, 4) is 0 Å². The van der Waals surface area contributed by atoms with E-state index in [0.29, 0.717) is 0 Å². The molecule has 1 heterocycles. The third-order valence-corrected chi connectivity index (χ3v) is 2.57. The molecule has 84 valence electrons. The maximum absolute atomic E-state index is 4.99. The zero-order valence-corrected chi connectivity index (χ0v) is 9.44. The molecule has 1 aromatic carbocycles. The molecule has 0 spiro atoms. The smallest absolute Gasteiger partial charge is 0.0587 e. The van der Waals surface area contributed by atoms with E-state index in [9.17, 15) is 0 Å². The molecule has 0 saturated heterocycles. The summed E-state index contributed by atoms with van der Waals surface area (Å²) in [6.45, 7) is 2.46. The second kappa shape index (κ2) is 5.58. The van der Waals surface area contributed by atoms with Gasteiger partial charge in [0.15, 0.2) is 0 Å². The first-order valence-electron chi connectivity index (χ1n) is 5.43. The monoisotopic (exact) mass is 216 g/mol. The first-order valence-corrected chi connectivity index (χ1v) is 5.43. The van der Waals surface area contributed by atoms with Crippen LogP contribution in [0.1, 0.15) is 5.56 Å². The molecule has 0 aliphatic rings. The van der Waals surface area contributed by atoms with Crippen molar-refractivity contribution in [2.75, 3.05) is 20.3 Å². The number of aromatic nitrogens is 1. The number of nitrogens with one attached hydrogen (secondary N) is 1. The number of nitrogens with zero attached hydrogens (tertiary/aromatic N) is 1. The summed E-state index contributed by atoms with van der Waals surface area (Å²) in [5.74, 6) is 0. The third kappa shape index (κ3) is 2.56. The summed E-state index contributed by atoms with van der Waals surface area (Å²) in [6, 6.07) is 8.35. The summed E-state index contributed by atoms with van der Waals surface area (Å²) in [6.07, 6.45) is 3.74. The number of ether oxygens (including phenoxy) is 1. The highest BCUT2D eigenvalue weighted by atomic mass is 16.5. The molecule has 0 amide bonds. The van der Waals surface area contributed by atoms with Gasteiger partial charge in [0.05, 0.1) is 6.61 Å². The largest absolute Gasteiger partial charge is 0.383 e. The second-order valence-corrected chi connectivity index (χ2v) is 3.68. The van der Waals surface area contributed by atoms with E-state index in [1.54, 1.807) is 7.11 Å². The molecule has 1 N–H and O–H groups in total. The standard InChI is InChI=1S/C13H16N2O/c1-16-8-7-15-9-12-4-2-3-11-5-6-14-10-13(11)12/h2-6,10,15H,7-9H2,1H3. The molecule has 0 saturated carbocycles. The summed E-state index contributed by atoms with van der Waals surface area (Å²) >= 11 is 0. The average Bonchev–Trinajstić information content (AvgIpc) is 2.35. The molecule has 0 fully saturated rings.